The molecule has 1 aromatic carbocycles. The first-order chi connectivity index (χ1) is 9.44. The van der Waals surface area contributed by atoms with Crippen molar-refractivity contribution in [1.82, 2.24) is 4.72 Å². The first-order valence-corrected chi connectivity index (χ1v) is 8.81. The quantitative estimate of drug-likeness (QED) is 0.775. The van der Waals surface area contributed by atoms with E-state index >= 15 is 0 Å². The van der Waals surface area contributed by atoms with Crippen molar-refractivity contribution in [3.05, 3.63) is 22.7 Å². The van der Waals surface area contributed by atoms with Gasteiger partial charge < -0.3 is 9.84 Å². The highest BCUT2D eigenvalue weighted by atomic mass is 79.9. The molecule has 1 aromatic rings. The predicted octanol–water partition coefficient (Wildman–Crippen LogP) is 1.90. The Bertz CT molecular complexity index is 572. The summed E-state index contributed by atoms with van der Waals surface area (Å²) in [5.41, 5.74) is 0. The van der Waals surface area contributed by atoms with E-state index in [1.54, 1.807) is 19.1 Å². The second kappa shape index (κ2) is 6.43. The molecule has 0 heterocycles. The minimum atomic E-state index is -3.70. The van der Waals surface area contributed by atoms with Crippen molar-refractivity contribution < 1.29 is 18.3 Å². The van der Waals surface area contributed by atoms with Gasteiger partial charge in [0.05, 0.1) is 12.7 Å². The molecule has 0 radical (unpaired) electrons. The molecule has 0 aromatic heterocycles. The van der Waals surface area contributed by atoms with Crippen LogP contribution in [0.1, 0.15) is 19.8 Å². The number of hydrogen-bond acceptors (Lipinski definition) is 4. The third-order valence-electron chi connectivity index (χ3n) is 3.14. The number of ether oxygens (including phenoxy) is 1. The van der Waals surface area contributed by atoms with Crippen molar-refractivity contribution in [3.8, 4) is 5.75 Å². The Kier molecular flexibility index (Phi) is 5.06. The molecule has 1 fully saturated rings. The molecule has 0 saturated heterocycles. The Hall–Kier alpha value is -0.630. The van der Waals surface area contributed by atoms with E-state index in [4.69, 9.17) is 4.74 Å². The number of halogens is 1. The molecule has 1 unspecified atom stereocenters. The smallest absolute Gasteiger partial charge is 0.244 e. The molecule has 0 bridgehead atoms. The summed E-state index contributed by atoms with van der Waals surface area (Å²) in [6.45, 7) is 2.21. The van der Waals surface area contributed by atoms with E-state index in [9.17, 15) is 13.5 Å². The number of benzene rings is 1. The second-order valence-corrected chi connectivity index (χ2v) is 7.43. The third kappa shape index (κ3) is 3.94. The summed E-state index contributed by atoms with van der Waals surface area (Å²) in [5.74, 6) is 0.538. The minimum absolute atomic E-state index is 0.0328. The Labute approximate surface area is 127 Å². The highest BCUT2D eigenvalue weighted by molar-refractivity contribution is 9.10. The van der Waals surface area contributed by atoms with Crippen molar-refractivity contribution in [1.29, 1.82) is 0 Å². The lowest BCUT2D eigenvalue weighted by Gasteiger charge is -2.14. The maximum atomic E-state index is 12.3. The van der Waals surface area contributed by atoms with E-state index in [2.05, 4.69) is 20.7 Å². The number of nitrogens with one attached hydrogen (secondary N) is 1. The summed E-state index contributed by atoms with van der Waals surface area (Å²) >= 11 is 3.26. The molecule has 1 atom stereocenters. The van der Waals surface area contributed by atoms with Gasteiger partial charge in [0.2, 0.25) is 10.0 Å². The van der Waals surface area contributed by atoms with Crippen LogP contribution >= 0.6 is 15.9 Å². The molecule has 2 rings (SSSR count). The zero-order chi connectivity index (χ0) is 14.8. The Morgan fingerprint density at radius 1 is 1.50 bits per heavy atom. The van der Waals surface area contributed by atoms with Crippen molar-refractivity contribution >= 4 is 26.0 Å². The van der Waals surface area contributed by atoms with E-state index in [1.807, 2.05) is 0 Å². The molecule has 1 aliphatic rings. The monoisotopic (exact) mass is 363 g/mol. The van der Waals surface area contributed by atoms with E-state index in [-0.39, 0.29) is 17.4 Å². The molecule has 2 N–H and O–H groups in total. The van der Waals surface area contributed by atoms with Crippen molar-refractivity contribution in [3.63, 3.8) is 0 Å². The molecular formula is C13H18BrNO4S. The SMILES string of the molecule is CCOc1ccc(Br)cc1S(=O)(=O)NCC(O)C1CC1. The molecule has 7 heteroatoms. The van der Waals surface area contributed by atoms with Crippen molar-refractivity contribution in [2.75, 3.05) is 13.2 Å². The number of rotatable bonds is 7. The summed E-state index contributed by atoms with van der Waals surface area (Å²) < 4.78 is 33.1. The molecule has 20 heavy (non-hydrogen) atoms. The molecule has 1 saturated carbocycles. The van der Waals surface area contributed by atoms with Crippen LogP contribution in [0.15, 0.2) is 27.6 Å². The predicted molar refractivity (Wildman–Crippen MR) is 79.2 cm³/mol. The fourth-order valence-corrected chi connectivity index (χ4v) is 3.62. The lowest BCUT2D eigenvalue weighted by Crippen LogP contribution is -2.33. The van der Waals surface area contributed by atoms with Crippen LogP contribution in [0.2, 0.25) is 0 Å². The summed E-state index contributed by atoms with van der Waals surface area (Å²) in [5, 5.41) is 9.76. The minimum Gasteiger partial charge on any atom is -0.492 e. The van der Waals surface area contributed by atoms with Gasteiger partial charge in [-0.1, -0.05) is 15.9 Å². The molecule has 5 nitrogen and oxygen atoms in total. The standard InChI is InChI=1S/C13H18BrNO4S/c1-2-19-12-6-5-10(14)7-13(12)20(17,18)15-8-11(16)9-3-4-9/h5-7,9,11,15-16H,2-4,8H2,1H3. The fraction of sp³-hybridized carbons (Fsp3) is 0.538. The highest BCUT2D eigenvalue weighted by Gasteiger charge is 2.31. The molecule has 112 valence electrons. The second-order valence-electron chi connectivity index (χ2n) is 4.78. The zero-order valence-corrected chi connectivity index (χ0v) is 13.6. The van der Waals surface area contributed by atoms with Crippen molar-refractivity contribution in [2.24, 2.45) is 5.92 Å². The largest absolute Gasteiger partial charge is 0.492 e. The summed E-state index contributed by atoms with van der Waals surface area (Å²) in [6.07, 6.45) is 1.31. The number of aliphatic hydroxyl groups is 1. The molecule has 1 aliphatic carbocycles. The van der Waals surface area contributed by atoms with Gasteiger partial charge in [-0.3, -0.25) is 0 Å². The van der Waals surface area contributed by atoms with Crippen LogP contribution in [0.5, 0.6) is 5.75 Å². The van der Waals surface area contributed by atoms with Crippen LogP contribution in [0, 0.1) is 5.92 Å². The number of hydrogen-bond donors (Lipinski definition) is 2. The zero-order valence-electron chi connectivity index (χ0n) is 11.2. The lowest BCUT2D eigenvalue weighted by molar-refractivity contribution is 0.155. The molecular weight excluding hydrogens is 346 g/mol. The van der Waals surface area contributed by atoms with Crippen LogP contribution in [-0.4, -0.2) is 32.8 Å². The Morgan fingerprint density at radius 3 is 2.80 bits per heavy atom. The van der Waals surface area contributed by atoms with Crippen LogP contribution in [-0.2, 0) is 10.0 Å². The topological polar surface area (TPSA) is 75.6 Å². The van der Waals surface area contributed by atoms with Gasteiger partial charge in [0, 0.05) is 11.0 Å². The maximum absolute atomic E-state index is 12.3. The molecule has 0 spiro atoms. The van der Waals surface area contributed by atoms with Gasteiger partial charge in [0.15, 0.2) is 0 Å². The fourth-order valence-electron chi connectivity index (χ4n) is 1.89. The lowest BCUT2D eigenvalue weighted by atomic mass is 10.2. The molecule has 0 aliphatic heterocycles. The first kappa shape index (κ1) is 15.8. The summed E-state index contributed by atoms with van der Waals surface area (Å²) in [7, 11) is -3.70. The van der Waals surface area contributed by atoms with Crippen LogP contribution in [0.25, 0.3) is 0 Å². The van der Waals surface area contributed by atoms with Crippen LogP contribution in [0.4, 0.5) is 0 Å². The van der Waals surface area contributed by atoms with E-state index in [0.717, 1.165) is 12.8 Å². The van der Waals surface area contributed by atoms with E-state index in [0.29, 0.717) is 16.8 Å². The van der Waals surface area contributed by atoms with Gasteiger partial charge in [0.25, 0.3) is 0 Å². The summed E-state index contributed by atoms with van der Waals surface area (Å²) in [6, 6.07) is 4.83. The maximum Gasteiger partial charge on any atom is 0.244 e. The third-order valence-corrected chi connectivity index (χ3v) is 5.08. The van der Waals surface area contributed by atoms with Gasteiger partial charge in [0.1, 0.15) is 10.6 Å². The van der Waals surface area contributed by atoms with Crippen molar-refractivity contribution in [2.45, 2.75) is 30.8 Å². The summed E-state index contributed by atoms with van der Waals surface area (Å²) in [4.78, 5) is 0.0803. The normalized spacial score (nSPS) is 16.9. The number of sulfonamides is 1. The van der Waals surface area contributed by atoms with Gasteiger partial charge in [-0.05, 0) is 43.9 Å². The molecule has 0 amide bonds. The van der Waals surface area contributed by atoms with E-state index in [1.165, 1.54) is 6.07 Å². The first-order valence-electron chi connectivity index (χ1n) is 6.54. The van der Waals surface area contributed by atoms with Gasteiger partial charge in [-0.25, -0.2) is 13.1 Å². The van der Waals surface area contributed by atoms with Crippen LogP contribution < -0.4 is 9.46 Å². The Morgan fingerprint density at radius 2 is 2.20 bits per heavy atom. The van der Waals surface area contributed by atoms with Gasteiger partial charge in [-0.2, -0.15) is 0 Å². The van der Waals surface area contributed by atoms with Gasteiger partial charge >= 0.3 is 0 Å². The average Bonchev–Trinajstić information content (AvgIpc) is 3.23. The van der Waals surface area contributed by atoms with Crippen LogP contribution in [0.3, 0.4) is 0 Å². The number of aliphatic hydroxyl groups excluding tert-OH is 1. The van der Waals surface area contributed by atoms with Gasteiger partial charge in [-0.15, -0.1) is 0 Å². The Balaban J connectivity index is 2.16. The highest BCUT2D eigenvalue weighted by Crippen LogP contribution is 2.32. The van der Waals surface area contributed by atoms with E-state index < -0.39 is 16.1 Å². The average molecular weight is 364 g/mol.